The highest BCUT2D eigenvalue weighted by Gasteiger charge is 2.57. The fraction of sp³-hybridized carbons (Fsp3) is 0.917. The van der Waals surface area contributed by atoms with Crippen molar-refractivity contribution in [3.63, 3.8) is 0 Å². The summed E-state index contributed by atoms with van der Waals surface area (Å²) in [5, 5.41) is 6.57. The van der Waals surface area contributed by atoms with Crippen LogP contribution in [-0.2, 0) is 4.79 Å². The summed E-state index contributed by atoms with van der Waals surface area (Å²) in [7, 11) is 0. The molecule has 2 aliphatic carbocycles. The van der Waals surface area contributed by atoms with Crippen molar-refractivity contribution < 1.29 is 4.79 Å². The van der Waals surface area contributed by atoms with Crippen molar-refractivity contribution in [2.75, 3.05) is 13.1 Å². The number of amides is 1. The lowest BCUT2D eigenvalue weighted by Gasteiger charge is -2.10. The van der Waals surface area contributed by atoms with Crippen molar-refractivity contribution in [1.29, 1.82) is 0 Å². The Bertz CT molecular complexity index is 299. The van der Waals surface area contributed by atoms with Gasteiger partial charge in [-0.3, -0.25) is 4.79 Å². The zero-order valence-corrected chi connectivity index (χ0v) is 10.8. The number of rotatable bonds is 3. The van der Waals surface area contributed by atoms with Gasteiger partial charge in [0.1, 0.15) is 0 Å². The van der Waals surface area contributed by atoms with Crippen LogP contribution in [0.1, 0.15) is 26.7 Å². The zero-order chi connectivity index (χ0) is 10.6. The van der Waals surface area contributed by atoms with Crippen molar-refractivity contribution in [3.8, 4) is 0 Å². The number of fused-ring (bicyclic) bond motifs is 1. The van der Waals surface area contributed by atoms with Gasteiger partial charge in [-0.15, -0.1) is 12.4 Å². The topological polar surface area (TPSA) is 41.1 Å². The van der Waals surface area contributed by atoms with E-state index >= 15 is 0 Å². The minimum absolute atomic E-state index is 0. The molecule has 3 rings (SSSR count). The molecule has 92 valence electrons. The summed E-state index contributed by atoms with van der Waals surface area (Å²) in [6, 6.07) is 0.500. The number of carbonyl (C=O) groups is 1. The second kappa shape index (κ2) is 3.88. The number of hydrogen-bond acceptors (Lipinski definition) is 2. The predicted molar refractivity (Wildman–Crippen MR) is 65.5 cm³/mol. The van der Waals surface area contributed by atoms with Gasteiger partial charge in [-0.1, -0.05) is 13.8 Å². The van der Waals surface area contributed by atoms with Crippen LogP contribution >= 0.6 is 12.4 Å². The van der Waals surface area contributed by atoms with Crippen LogP contribution in [0, 0.1) is 23.2 Å². The summed E-state index contributed by atoms with van der Waals surface area (Å²) in [6.07, 6.45) is 2.22. The van der Waals surface area contributed by atoms with Crippen LogP contribution in [0.4, 0.5) is 0 Å². The lowest BCUT2D eigenvalue weighted by Crippen LogP contribution is -2.34. The van der Waals surface area contributed by atoms with E-state index in [1.165, 1.54) is 0 Å². The molecule has 0 spiro atoms. The minimum Gasteiger partial charge on any atom is -0.352 e. The smallest absolute Gasteiger partial charge is 0.223 e. The van der Waals surface area contributed by atoms with Gasteiger partial charge in [0.05, 0.1) is 0 Å². The minimum atomic E-state index is 0. The zero-order valence-electron chi connectivity index (χ0n) is 9.95. The van der Waals surface area contributed by atoms with Crippen molar-refractivity contribution >= 4 is 18.3 Å². The molecule has 1 heterocycles. The maximum atomic E-state index is 11.9. The molecule has 0 radical (unpaired) electrons. The molecule has 0 aromatic heterocycles. The van der Waals surface area contributed by atoms with Crippen LogP contribution in [0.3, 0.4) is 0 Å². The van der Waals surface area contributed by atoms with Crippen LogP contribution in [0.5, 0.6) is 0 Å². The third kappa shape index (κ3) is 1.74. The van der Waals surface area contributed by atoms with Gasteiger partial charge < -0.3 is 10.6 Å². The van der Waals surface area contributed by atoms with Crippen molar-refractivity contribution in [1.82, 2.24) is 10.6 Å². The fourth-order valence-corrected chi connectivity index (χ4v) is 3.10. The molecule has 3 fully saturated rings. The molecule has 4 atom stereocenters. The number of nitrogens with one attached hydrogen (secondary N) is 2. The maximum Gasteiger partial charge on any atom is 0.223 e. The van der Waals surface area contributed by atoms with E-state index in [0.717, 1.165) is 37.8 Å². The molecule has 0 aromatic rings. The first kappa shape index (κ1) is 12.2. The molecule has 1 saturated heterocycles. The standard InChI is InChI=1S/C12H20N2O.ClH/c1-3-12(2)4-9(12)11(15)14-10-7-5-13-6-8(7)10;/h7-10,13H,3-6H2,1-2H3,(H,14,15);1H. The monoisotopic (exact) mass is 244 g/mol. The Morgan fingerprint density at radius 1 is 1.44 bits per heavy atom. The number of halogens is 1. The van der Waals surface area contributed by atoms with Crippen LogP contribution < -0.4 is 10.6 Å². The summed E-state index contributed by atoms with van der Waals surface area (Å²) in [4.78, 5) is 11.9. The quantitative estimate of drug-likeness (QED) is 0.783. The Kier molecular flexibility index (Phi) is 2.96. The lowest BCUT2D eigenvalue weighted by molar-refractivity contribution is -0.123. The maximum absolute atomic E-state index is 11.9. The lowest BCUT2D eigenvalue weighted by atomic mass is 10.0. The molecular formula is C12H21ClN2O. The molecule has 4 heteroatoms. The van der Waals surface area contributed by atoms with Crippen molar-refractivity contribution in [3.05, 3.63) is 0 Å². The number of piperidine rings is 1. The molecule has 3 aliphatic rings. The van der Waals surface area contributed by atoms with E-state index in [-0.39, 0.29) is 12.4 Å². The van der Waals surface area contributed by atoms with Gasteiger partial charge in [-0.25, -0.2) is 0 Å². The second-order valence-electron chi connectivity index (χ2n) is 5.78. The number of carbonyl (C=O) groups excluding carboxylic acids is 1. The van der Waals surface area contributed by atoms with E-state index in [2.05, 4.69) is 24.5 Å². The van der Waals surface area contributed by atoms with Gasteiger partial charge in [0.2, 0.25) is 5.91 Å². The van der Waals surface area contributed by atoms with Crippen LogP contribution in [-0.4, -0.2) is 25.0 Å². The first-order chi connectivity index (χ1) is 7.15. The molecule has 0 bridgehead atoms. The molecule has 1 amide bonds. The third-order valence-corrected chi connectivity index (χ3v) is 4.88. The van der Waals surface area contributed by atoms with Crippen LogP contribution in [0.2, 0.25) is 0 Å². The summed E-state index contributed by atoms with van der Waals surface area (Å²) in [6.45, 7) is 6.62. The average Bonchev–Trinajstić information content (AvgIpc) is 3.01. The highest BCUT2D eigenvalue weighted by molar-refractivity contribution is 5.85. The average molecular weight is 245 g/mol. The highest BCUT2D eigenvalue weighted by Crippen LogP contribution is 2.55. The van der Waals surface area contributed by atoms with Crippen LogP contribution in [0.25, 0.3) is 0 Å². The van der Waals surface area contributed by atoms with E-state index in [1.54, 1.807) is 0 Å². The van der Waals surface area contributed by atoms with Gasteiger partial charge in [0.15, 0.2) is 0 Å². The molecule has 0 aromatic carbocycles. The van der Waals surface area contributed by atoms with E-state index in [9.17, 15) is 4.79 Å². The Hall–Kier alpha value is -0.280. The third-order valence-electron chi connectivity index (χ3n) is 4.88. The summed E-state index contributed by atoms with van der Waals surface area (Å²) in [5.74, 6) is 2.09. The molecule has 1 aliphatic heterocycles. The van der Waals surface area contributed by atoms with E-state index in [4.69, 9.17) is 0 Å². The fourth-order valence-electron chi connectivity index (χ4n) is 3.10. The highest BCUT2D eigenvalue weighted by atomic mass is 35.5. The van der Waals surface area contributed by atoms with Crippen molar-refractivity contribution in [2.24, 2.45) is 23.2 Å². The normalized spacial score (nSPS) is 47.9. The molecule has 4 unspecified atom stereocenters. The SMILES string of the molecule is CCC1(C)CC1C(=O)NC1C2CNCC21.Cl. The van der Waals surface area contributed by atoms with Gasteiger partial charge in [0.25, 0.3) is 0 Å². The predicted octanol–water partition coefficient (Wildman–Crippen LogP) is 1.18. The van der Waals surface area contributed by atoms with Gasteiger partial charge in [0, 0.05) is 25.0 Å². The molecule has 2 N–H and O–H groups in total. The Balaban J connectivity index is 0.000000963. The number of hydrogen-bond donors (Lipinski definition) is 2. The van der Waals surface area contributed by atoms with E-state index in [1.807, 2.05) is 0 Å². The van der Waals surface area contributed by atoms with Crippen molar-refractivity contribution in [2.45, 2.75) is 32.7 Å². The summed E-state index contributed by atoms with van der Waals surface area (Å²) in [5.41, 5.74) is 0.312. The van der Waals surface area contributed by atoms with Gasteiger partial charge in [-0.2, -0.15) is 0 Å². The summed E-state index contributed by atoms with van der Waals surface area (Å²) >= 11 is 0. The Labute approximate surface area is 103 Å². The first-order valence-corrected chi connectivity index (χ1v) is 6.17. The molecular weight excluding hydrogens is 224 g/mol. The molecule has 16 heavy (non-hydrogen) atoms. The largest absolute Gasteiger partial charge is 0.352 e. The Morgan fingerprint density at radius 3 is 2.56 bits per heavy atom. The van der Waals surface area contributed by atoms with Gasteiger partial charge in [-0.05, 0) is 30.1 Å². The van der Waals surface area contributed by atoms with E-state index < -0.39 is 0 Å². The van der Waals surface area contributed by atoms with Gasteiger partial charge >= 0.3 is 0 Å². The second-order valence-corrected chi connectivity index (χ2v) is 5.78. The molecule has 2 saturated carbocycles. The van der Waals surface area contributed by atoms with Crippen LogP contribution in [0.15, 0.2) is 0 Å². The summed E-state index contributed by atoms with van der Waals surface area (Å²) < 4.78 is 0. The Morgan fingerprint density at radius 2 is 2.06 bits per heavy atom. The first-order valence-electron chi connectivity index (χ1n) is 6.17. The molecule has 3 nitrogen and oxygen atoms in total. The van der Waals surface area contributed by atoms with E-state index in [0.29, 0.717) is 23.3 Å².